The second kappa shape index (κ2) is 1.77. The smallest absolute Gasteiger partial charge is 0.222 e. The van der Waals surface area contributed by atoms with Gasteiger partial charge in [-0.1, -0.05) is 0 Å². The largest absolute Gasteiger partial charge is 0.343 e. The predicted octanol–water partition coefficient (Wildman–Crippen LogP) is 0.441. The molecule has 1 fully saturated rings. The summed E-state index contributed by atoms with van der Waals surface area (Å²) >= 11 is 0. The molecule has 0 spiro atoms. The van der Waals surface area contributed by atoms with E-state index in [-0.39, 0.29) is 11.9 Å². The molecule has 0 unspecified atom stereocenters. The third-order valence-corrected chi connectivity index (χ3v) is 1.63. The number of carbonyl (C=O) groups is 1. The van der Waals surface area contributed by atoms with Gasteiger partial charge in [0.2, 0.25) is 5.91 Å². The number of hydrogen-bond acceptors (Lipinski definition) is 1. The molecular formula is C6H10NO. The van der Waals surface area contributed by atoms with Gasteiger partial charge < -0.3 is 4.90 Å². The minimum atomic E-state index is 0.225. The van der Waals surface area contributed by atoms with Crippen LogP contribution in [0.5, 0.6) is 0 Å². The summed E-state index contributed by atoms with van der Waals surface area (Å²) in [5.74, 6) is 0.227. The molecule has 1 aliphatic rings. The number of rotatable bonds is 0. The molecule has 0 aromatic heterocycles. The van der Waals surface area contributed by atoms with Crippen LogP contribution in [-0.2, 0) is 4.79 Å². The highest BCUT2D eigenvalue weighted by molar-refractivity contribution is 5.78. The Kier molecular flexibility index (Phi) is 1.24. The van der Waals surface area contributed by atoms with Gasteiger partial charge in [-0.3, -0.25) is 4.79 Å². The van der Waals surface area contributed by atoms with Crippen molar-refractivity contribution in [3.05, 3.63) is 6.92 Å². The second-order valence-electron chi connectivity index (χ2n) is 2.20. The van der Waals surface area contributed by atoms with Crippen molar-refractivity contribution in [1.29, 1.82) is 0 Å². The molecule has 1 radical (unpaired) electrons. The van der Waals surface area contributed by atoms with Crippen LogP contribution in [0.4, 0.5) is 0 Å². The normalized spacial score (nSPS) is 29.5. The van der Waals surface area contributed by atoms with E-state index >= 15 is 0 Å². The molecule has 0 saturated carbocycles. The lowest BCUT2D eigenvalue weighted by atomic mass is 10.2. The number of likely N-dealkylation sites (tertiary alicyclic amines) is 1. The zero-order chi connectivity index (χ0) is 6.15. The van der Waals surface area contributed by atoms with Gasteiger partial charge in [0.25, 0.3) is 0 Å². The molecular weight excluding hydrogens is 102 g/mol. The zero-order valence-electron chi connectivity index (χ0n) is 5.05. The van der Waals surface area contributed by atoms with Crippen LogP contribution in [0.1, 0.15) is 12.8 Å². The van der Waals surface area contributed by atoms with Gasteiger partial charge in [-0.15, -0.1) is 0 Å². The van der Waals surface area contributed by atoms with Crippen LogP contribution >= 0.6 is 0 Å². The molecule has 0 bridgehead atoms. The van der Waals surface area contributed by atoms with Crippen molar-refractivity contribution >= 4 is 5.91 Å². The molecule has 2 nitrogen and oxygen atoms in total. The fraction of sp³-hybridized carbons (Fsp3) is 0.667. The van der Waals surface area contributed by atoms with Crippen LogP contribution in [-0.4, -0.2) is 23.9 Å². The van der Waals surface area contributed by atoms with E-state index < -0.39 is 0 Å². The van der Waals surface area contributed by atoms with E-state index in [2.05, 4.69) is 6.92 Å². The Morgan fingerprint density at radius 3 is 2.62 bits per heavy atom. The Bertz CT molecular complexity index is 111. The summed E-state index contributed by atoms with van der Waals surface area (Å²) in [6.45, 7) is 3.77. The van der Waals surface area contributed by atoms with Crippen molar-refractivity contribution in [3.63, 3.8) is 0 Å². The SMILES string of the molecule is [CH2][C@@H]1CCC(=O)N1C. The Morgan fingerprint density at radius 1 is 1.88 bits per heavy atom. The van der Waals surface area contributed by atoms with E-state index in [1.807, 2.05) is 0 Å². The maximum atomic E-state index is 10.7. The van der Waals surface area contributed by atoms with Gasteiger partial charge in [-0.05, 0) is 13.3 Å². The molecule has 0 aromatic carbocycles. The monoisotopic (exact) mass is 112 g/mol. The Balaban J connectivity index is 2.56. The van der Waals surface area contributed by atoms with Crippen LogP contribution < -0.4 is 0 Å². The highest BCUT2D eigenvalue weighted by atomic mass is 16.2. The third kappa shape index (κ3) is 0.703. The molecule has 0 aromatic rings. The maximum Gasteiger partial charge on any atom is 0.222 e. The number of nitrogens with zero attached hydrogens (tertiary/aromatic N) is 1. The first-order chi connectivity index (χ1) is 3.72. The summed E-state index contributed by atoms with van der Waals surface area (Å²) in [5, 5.41) is 0. The van der Waals surface area contributed by atoms with Crippen molar-refractivity contribution in [1.82, 2.24) is 4.90 Å². The average molecular weight is 112 g/mol. The van der Waals surface area contributed by atoms with Gasteiger partial charge in [0.1, 0.15) is 0 Å². The van der Waals surface area contributed by atoms with E-state index in [1.165, 1.54) is 0 Å². The van der Waals surface area contributed by atoms with E-state index in [1.54, 1.807) is 11.9 Å². The summed E-state index contributed by atoms with van der Waals surface area (Å²) < 4.78 is 0. The molecule has 1 aliphatic heterocycles. The van der Waals surface area contributed by atoms with Crippen LogP contribution in [0.3, 0.4) is 0 Å². The summed E-state index contributed by atoms with van der Waals surface area (Å²) in [7, 11) is 1.80. The molecule has 1 amide bonds. The average Bonchev–Trinajstić information content (AvgIpc) is 1.98. The van der Waals surface area contributed by atoms with Crippen LogP contribution in [0, 0.1) is 6.92 Å². The lowest BCUT2D eigenvalue weighted by Gasteiger charge is -2.13. The standard InChI is InChI=1S/C6H10NO/c1-5-3-4-6(8)7(5)2/h5H,1,3-4H2,2H3/t5-/m1/s1. The van der Waals surface area contributed by atoms with Crippen molar-refractivity contribution < 1.29 is 4.79 Å². The van der Waals surface area contributed by atoms with Crippen LogP contribution in [0.25, 0.3) is 0 Å². The first-order valence-electron chi connectivity index (χ1n) is 2.80. The topological polar surface area (TPSA) is 20.3 Å². The van der Waals surface area contributed by atoms with Crippen LogP contribution in [0.15, 0.2) is 0 Å². The molecule has 1 atom stereocenters. The van der Waals surface area contributed by atoms with E-state index in [0.717, 1.165) is 6.42 Å². The molecule has 8 heavy (non-hydrogen) atoms. The highest BCUT2D eigenvalue weighted by Gasteiger charge is 2.22. The van der Waals surface area contributed by atoms with E-state index in [9.17, 15) is 4.79 Å². The van der Waals surface area contributed by atoms with Gasteiger partial charge in [0, 0.05) is 19.5 Å². The van der Waals surface area contributed by atoms with Crippen molar-refractivity contribution in [2.45, 2.75) is 18.9 Å². The van der Waals surface area contributed by atoms with Crippen molar-refractivity contribution in [2.75, 3.05) is 7.05 Å². The molecule has 45 valence electrons. The predicted molar refractivity (Wildman–Crippen MR) is 31.1 cm³/mol. The number of hydrogen-bond donors (Lipinski definition) is 0. The first-order valence-corrected chi connectivity index (χ1v) is 2.80. The van der Waals surface area contributed by atoms with Gasteiger partial charge in [0.05, 0.1) is 0 Å². The van der Waals surface area contributed by atoms with Gasteiger partial charge in [-0.2, -0.15) is 0 Å². The lowest BCUT2D eigenvalue weighted by molar-refractivity contribution is -0.127. The quantitative estimate of drug-likeness (QED) is 0.445. The first kappa shape index (κ1) is 5.60. The lowest BCUT2D eigenvalue weighted by Crippen LogP contribution is -2.25. The molecule has 0 aliphatic carbocycles. The fourth-order valence-electron chi connectivity index (χ4n) is 0.864. The highest BCUT2D eigenvalue weighted by Crippen LogP contribution is 2.14. The molecule has 2 heteroatoms. The second-order valence-corrected chi connectivity index (χ2v) is 2.20. The minimum absolute atomic E-state index is 0.225. The fourth-order valence-corrected chi connectivity index (χ4v) is 0.864. The Hall–Kier alpha value is -0.530. The van der Waals surface area contributed by atoms with Crippen molar-refractivity contribution in [2.24, 2.45) is 0 Å². The van der Waals surface area contributed by atoms with E-state index in [0.29, 0.717) is 6.42 Å². The maximum absolute atomic E-state index is 10.7. The van der Waals surface area contributed by atoms with Crippen molar-refractivity contribution in [3.8, 4) is 0 Å². The molecule has 1 heterocycles. The van der Waals surface area contributed by atoms with E-state index in [4.69, 9.17) is 0 Å². The number of carbonyl (C=O) groups excluding carboxylic acids is 1. The summed E-state index contributed by atoms with van der Waals surface area (Å²) in [6, 6.07) is 0.225. The summed E-state index contributed by atoms with van der Waals surface area (Å²) in [5.41, 5.74) is 0. The Morgan fingerprint density at radius 2 is 2.50 bits per heavy atom. The van der Waals surface area contributed by atoms with Gasteiger partial charge in [0.15, 0.2) is 0 Å². The zero-order valence-corrected chi connectivity index (χ0v) is 5.05. The van der Waals surface area contributed by atoms with Gasteiger partial charge in [-0.25, -0.2) is 0 Å². The number of amides is 1. The third-order valence-electron chi connectivity index (χ3n) is 1.63. The summed E-state index contributed by atoms with van der Waals surface area (Å²) in [4.78, 5) is 12.4. The molecule has 1 saturated heterocycles. The molecule has 1 rings (SSSR count). The minimum Gasteiger partial charge on any atom is -0.343 e. The van der Waals surface area contributed by atoms with Gasteiger partial charge >= 0.3 is 0 Å². The van der Waals surface area contributed by atoms with Crippen LogP contribution in [0.2, 0.25) is 0 Å². The Labute approximate surface area is 49.5 Å². The summed E-state index contributed by atoms with van der Waals surface area (Å²) in [6.07, 6.45) is 1.61. The molecule has 0 N–H and O–H groups in total.